The monoisotopic (exact) mass is 395 g/mol. The van der Waals surface area contributed by atoms with Crippen LogP contribution in [0.15, 0.2) is 16.9 Å². The van der Waals surface area contributed by atoms with Gasteiger partial charge in [0.25, 0.3) is 11.5 Å². The van der Waals surface area contributed by atoms with Crippen LogP contribution < -0.4 is 16.2 Å². The number of carbonyl (C=O) groups excluding carboxylic acids is 2. The third-order valence-corrected chi connectivity index (χ3v) is 5.72. The van der Waals surface area contributed by atoms with Crippen molar-refractivity contribution in [2.75, 3.05) is 46.3 Å². The molecular formula is C18H26ClN5O3. The van der Waals surface area contributed by atoms with Gasteiger partial charge in [-0.2, -0.15) is 0 Å². The maximum Gasteiger partial charge on any atom is 0.319 e. The first kappa shape index (κ1) is 19.7. The van der Waals surface area contributed by atoms with Crippen molar-refractivity contribution in [2.45, 2.75) is 18.9 Å². The number of nitrogens with zero attached hydrogens (tertiary/aromatic N) is 3. The number of hydrogen-bond donors (Lipinski definition) is 2. The molecule has 27 heavy (non-hydrogen) atoms. The first-order valence-corrected chi connectivity index (χ1v) is 9.27. The smallest absolute Gasteiger partial charge is 0.319 e. The quantitative estimate of drug-likeness (QED) is 0.755. The number of aromatic nitrogens is 1. The summed E-state index contributed by atoms with van der Waals surface area (Å²) < 4.78 is 1.79. The highest BCUT2D eigenvalue weighted by atomic mass is 35.5. The topological polar surface area (TPSA) is 86.7 Å². The second-order valence-corrected chi connectivity index (χ2v) is 7.49. The molecule has 4 rings (SSSR count). The zero-order chi connectivity index (χ0) is 18.3. The molecule has 4 heterocycles. The van der Waals surface area contributed by atoms with Crippen molar-refractivity contribution in [3.63, 3.8) is 0 Å². The van der Waals surface area contributed by atoms with Gasteiger partial charge in [0.15, 0.2) is 0 Å². The lowest BCUT2D eigenvalue weighted by Crippen LogP contribution is -2.46. The normalized spacial score (nSPS) is 23.7. The fourth-order valence-electron chi connectivity index (χ4n) is 4.27. The van der Waals surface area contributed by atoms with Crippen molar-refractivity contribution in [3.8, 4) is 0 Å². The molecule has 1 aromatic heterocycles. The van der Waals surface area contributed by atoms with E-state index < -0.39 is 0 Å². The van der Waals surface area contributed by atoms with Crippen LogP contribution in [0.25, 0.3) is 0 Å². The number of piperidine rings is 1. The molecule has 2 atom stereocenters. The second-order valence-electron chi connectivity index (χ2n) is 7.49. The van der Waals surface area contributed by atoms with Gasteiger partial charge in [0.05, 0.1) is 0 Å². The fourth-order valence-corrected chi connectivity index (χ4v) is 4.27. The zero-order valence-electron chi connectivity index (χ0n) is 15.4. The summed E-state index contributed by atoms with van der Waals surface area (Å²) in [5, 5.41) is 6.20. The number of nitrogens with one attached hydrogen (secondary N) is 2. The summed E-state index contributed by atoms with van der Waals surface area (Å²) in [4.78, 5) is 40.5. The van der Waals surface area contributed by atoms with Crippen LogP contribution in [-0.2, 0) is 6.54 Å². The summed E-state index contributed by atoms with van der Waals surface area (Å²) in [5.41, 5.74) is 1.01. The van der Waals surface area contributed by atoms with Gasteiger partial charge >= 0.3 is 6.03 Å². The van der Waals surface area contributed by atoms with Crippen molar-refractivity contribution in [1.29, 1.82) is 0 Å². The Labute approximate surface area is 164 Å². The van der Waals surface area contributed by atoms with Gasteiger partial charge in [0.1, 0.15) is 5.56 Å². The molecule has 1 aromatic rings. The van der Waals surface area contributed by atoms with Crippen molar-refractivity contribution in [1.82, 2.24) is 25.0 Å². The molecule has 0 radical (unpaired) electrons. The average Bonchev–Trinajstić information content (AvgIpc) is 2.95. The van der Waals surface area contributed by atoms with E-state index in [4.69, 9.17) is 0 Å². The third-order valence-electron chi connectivity index (χ3n) is 5.72. The molecule has 2 bridgehead atoms. The van der Waals surface area contributed by atoms with Crippen molar-refractivity contribution >= 4 is 24.3 Å². The van der Waals surface area contributed by atoms with E-state index in [1.807, 2.05) is 6.07 Å². The Kier molecular flexibility index (Phi) is 5.76. The SMILES string of the molecule is CN1CCN(CCNC(=O)c2ccc3n(c2=O)C[C@@H]2CNC[C@H]3C2)C1=O.Cl. The second kappa shape index (κ2) is 7.90. The van der Waals surface area contributed by atoms with Crippen LogP contribution in [0.4, 0.5) is 4.79 Å². The highest BCUT2D eigenvalue weighted by Gasteiger charge is 2.32. The maximum absolute atomic E-state index is 12.8. The summed E-state index contributed by atoms with van der Waals surface area (Å²) in [6, 6.07) is 3.55. The number of likely N-dealkylation sites (N-methyl/N-ethyl adjacent to an activating group) is 1. The minimum atomic E-state index is -0.362. The van der Waals surface area contributed by atoms with E-state index in [2.05, 4.69) is 10.6 Å². The lowest BCUT2D eigenvalue weighted by molar-refractivity contribution is 0.0947. The Morgan fingerprint density at radius 3 is 2.81 bits per heavy atom. The zero-order valence-corrected chi connectivity index (χ0v) is 16.3. The molecule has 2 N–H and O–H groups in total. The summed E-state index contributed by atoms with van der Waals surface area (Å²) in [6.45, 7) is 4.66. The molecule has 0 aromatic carbocycles. The van der Waals surface area contributed by atoms with Crippen LogP contribution in [0.2, 0.25) is 0 Å². The van der Waals surface area contributed by atoms with E-state index in [1.165, 1.54) is 0 Å². The van der Waals surface area contributed by atoms with Gasteiger partial charge in [0.2, 0.25) is 0 Å². The molecule has 0 unspecified atom stereocenters. The van der Waals surface area contributed by atoms with Gasteiger partial charge in [0, 0.05) is 57.9 Å². The summed E-state index contributed by atoms with van der Waals surface area (Å²) >= 11 is 0. The lowest BCUT2D eigenvalue weighted by atomic mass is 9.84. The van der Waals surface area contributed by atoms with Crippen LogP contribution in [-0.4, -0.2) is 72.6 Å². The molecule has 2 saturated heterocycles. The highest BCUT2D eigenvalue weighted by Crippen LogP contribution is 2.31. The fraction of sp³-hybridized carbons (Fsp3) is 0.611. The first-order chi connectivity index (χ1) is 12.5. The predicted molar refractivity (Wildman–Crippen MR) is 104 cm³/mol. The molecular weight excluding hydrogens is 370 g/mol. The summed E-state index contributed by atoms with van der Waals surface area (Å²) in [5.74, 6) is 0.445. The molecule has 148 valence electrons. The molecule has 3 aliphatic heterocycles. The number of carbonyl (C=O) groups is 2. The Morgan fingerprint density at radius 2 is 2.07 bits per heavy atom. The average molecular weight is 396 g/mol. The number of urea groups is 1. The van der Waals surface area contributed by atoms with Crippen molar-refractivity contribution in [2.24, 2.45) is 5.92 Å². The van der Waals surface area contributed by atoms with E-state index in [1.54, 1.807) is 27.5 Å². The van der Waals surface area contributed by atoms with Crippen LogP contribution in [0.3, 0.4) is 0 Å². The number of fused-ring (bicyclic) bond motifs is 4. The van der Waals surface area contributed by atoms with Crippen LogP contribution >= 0.6 is 12.4 Å². The highest BCUT2D eigenvalue weighted by molar-refractivity contribution is 5.93. The van der Waals surface area contributed by atoms with E-state index in [0.717, 1.165) is 25.2 Å². The molecule has 2 fully saturated rings. The number of rotatable bonds is 4. The third kappa shape index (κ3) is 3.68. The number of amides is 3. The number of hydrogen-bond acceptors (Lipinski definition) is 4. The molecule has 0 saturated carbocycles. The van der Waals surface area contributed by atoms with E-state index in [0.29, 0.717) is 44.6 Å². The minimum Gasteiger partial charge on any atom is -0.350 e. The van der Waals surface area contributed by atoms with Gasteiger partial charge in [-0.1, -0.05) is 0 Å². The Bertz CT molecular complexity index is 796. The Balaban J connectivity index is 0.00000210. The van der Waals surface area contributed by atoms with E-state index in [-0.39, 0.29) is 35.5 Å². The summed E-state index contributed by atoms with van der Waals surface area (Å²) in [6.07, 6.45) is 1.11. The Hall–Kier alpha value is -2.06. The van der Waals surface area contributed by atoms with Crippen LogP contribution in [0, 0.1) is 5.92 Å². The summed E-state index contributed by atoms with van der Waals surface area (Å²) in [7, 11) is 1.76. The van der Waals surface area contributed by atoms with Gasteiger partial charge in [-0.15, -0.1) is 12.4 Å². The number of pyridine rings is 1. The standard InChI is InChI=1S/C18H25N5O3.ClH/c1-21-6-7-22(18(21)26)5-4-20-16(24)14-2-3-15-13-8-12(9-19-10-13)11-23(15)17(14)25;/h2-3,12-13,19H,4-11H2,1H3,(H,20,24);1H/t12-,13+;/m0./s1. The van der Waals surface area contributed by atoms with Crippen molar-refractivity contribution in [3.05, 3.63) is 33.7 Å². The van der Waals surface area contributed by atoms with Crippen LogP contribution in [0.1, 0.15) is 28.4 Å². The molecule has 9 heteroatoms. The maximum atomic E-state index is 12.8. The molecule has 0 aliphatic carbocycles. The van der Waals surface area contributed by atoms with Gasteiger partial charge < -0.3 is 25.0 Å². The lowest BCUT2D eigenvalue weighted by Gasteiger charge is -2.37. The molecule has 0 spiro atoms. The largest absolute Gasteiger partial charge is 0.350 e. The van der Waals surface area contributed by atoms with E-state index >= 15 is 0 Å². The first-order valence-electron chi connectivity index (χ1n) is 9.27. The molecule has 3 amide bonds. The van der Waals surface area contributed by atoms with E-state index in [9.17, 15) is 14.4 Å². The van der Waals surface area contributed by atoms with Gasteiger partial charge in [-0.3, -0.25) is 9.59 Å². The number of halogens is 1. The predicted octanol–water partition coefficient (Wildman–Crippen LogP) is 0.0740. The Morgan fingerprint density at radius 1 is 1.26 bits per heavy atom. The van der Waals surface area contributed by atoms with Gasteiger partial charge in [-0.05, 0) is 31.0 Å². The van der Waals surface area contributed by atoms with Crippen molar-refractivity contribution < 1.29 is 9.59 Å². The molecule has 8 nitrogen and oxygen atoms in total. The van der Waals surface area contributed by atoms with Crippen LogP contribution in [0.5, 0.6) is 0 Å². The minimum absolute atomic E-state index is 0. The van der Waals surface area contributed by atoms with Gasteiger partial charge in [-0.25, -0.2) is 4.79 Å². The molecule has 3 aliphatic rings.